The normalized spacial score (nSPS) is 16.3. The molecule has 1 saturated heterocycles. The molecule has 3 aromatic rings. The molecule has 1 amide bonds. The highest BCUT2D eigenvalue weighted by Gasteiger charge is 2.27. The first-order valence-electron chi connectivity index (χ1n) is 8.74. The summed E-state index contributed by atoms with van der Waals surface area (Å²) in [6.45, 7) is 2.56. The largest absolute Gasteiger partial charge is 0.337 e. The lowest BCUT2D eigenvalue weighted by molar-refractivity contribution is 0.0782. The molecule has 1 unspecified atom stereocenters. The average Bonchev–Trinajstić information content (AvgIpc) is 3.42. The number of likely N-dealkylation sites (tertiary alicyclic amines) is 1. The first-order chi connectivity index (χ1) is 12.7. The van der Waals surface area contributed by atoms with E-state index in [0.717, 1.165) is 42.3 Å². The molecule has 0 saturated carbocycles. The maximum Gasteiger partial charge on any atom is 0.273 e. The van der Waals surface area contributed by atoms with Crippen LogP contribution in [0.4, 0.5) is 0 Å². The monoisotopic (exact) mass is 403 g/mol. The molecular weight excluding hydrogens is 382 g/mol. The average molecular weight is 404 g/mol. The van der Waals surface area contributed by atoms with Gasteiger partial charge in [0.05, 0.1) is 11.9 Å². The molecule has 1 aliphatic heterocycles. The molecular formula is C19H22ClN5OS. The standard InChI is InChI=1S/C19H21N5OS.ClH/c1-20-9-14-7-8-23(11-14)19(25)17-13-26-18(22-17)15-10-21-24(12-15)16-5-3-2-4-6-16;/h2-6,10,12-14,20H,7-9,11H2,1H3;1H. The number of hydrogen-bond donors (Lipinski definition) is 1. The Balaban J connectivity index is 0.00000210. The number of carbonyl (C=O) groups excluding carboxylic acids is 1. The number of halogens is 1. The van der Waals surface area contributed by atoms with Gasteiger partial charge in [0.2, 0.25) is 0 Å². The third-order valence-electron chi connectivity index (χ3n) is 4.64. The number of para-hydroxylation sites is 1. The van der Waals surface area contributed by atoms with Crippen LogP contribution in [0, 0.1) is 5.92 Å². The summed E-state index contributed by atoms with van der Waals surface area (Å²) in [5.41, 5.74) is 2.45. The van der Waals surface area contributed by atoms with Crippen LogP contribution in [0.15, 0.2) is 48.1 Å². The molecule has 0 spiro atoms. The third-order valence-corrected chi connectivity index (χ3v) is 5.53. The van der Waals surface area contributed by atoms with Gasteiger partial charge < -0.3 is 10.2 Å². The molecule has 1 aliphatic rings. The van der Waals surface area contributed by atoms with Gasteiger partial charge in [-0.15, -0.1) is 23.7 Å². The zero-order valence-electron chi connectivity index (χ0n) is 15.0. The SMILES string of the molecule is CNCC1CCN(C(=O)c2csc(-c3cnn(-c4ccccc4)c3)n2)C1.Cl. The summed E-state index contributed by atoms with van der Waals surface area (Å²) in [5, 5.41) is 10.3. The Bertz CT molecular complexity index is 894. The maximum absolute atomic E-state index is 12.7. The number of aromatic nitrogens is 3. The van der Waals surface area contributed by atoms with Gasteiger partial charge >= 0.3 is 0 Å². The number of rotatable bonds is 5. The quantitative estimate of drug-likeness (QED) is 0.711. The molecule has 27 heavy (non-hydrogen) atoms. The number of thiazole rings is 1. The Morgan fingerprint density at radius 3 is 2.93 bits per heavy atom. The molecule has 8 heteroatoms. The predicted molar refractivity (Wildman–Crippen MR) is 110 cm³/mol. The Kier molecular flexibility index (Phi) is 6.26. The summed E-state index contributed by atoms with van der Waals surface area (Å²) in [4.78, 5) is 19.2. The number of benzene rings is 1. The lowest BCUT2D eigenvalue weighted by Gasteiger charge is -2.15. The van der Waals surface area contributed by atoms with E-state index in [2.05, 4.69) is 15.4 Å². The van der Waals surface area contributed by atoms with E-state index in [1.807, 2.05) is 58.5 Å². The fourth-order valence-corrected chi connectivity index (χ4v) is 4.06. The minimum atomic E-state index is 0. The molecule has 2 aromatic heterocycles. The third kappa shape index (κ3) is 4.21. The predicted octanol–water partition coefficient (Wildman–Crippen LogP) is 3.10. The first kappa shape index (κ1) is 19.5. The summed E-state index contributed by atoms with van der Waals surface area (Å²) in [6.07, 6.45) is 4.79. The van der Waals surface area contributed by atoms with Gasteiger partial charge in [-0.3, -0.25) is 4.79 Å². The molecule has 0 aliphatic carbocycles. The molecule has 0 radical (unpaired) electrons. The topological polar surface area (TPSA) is 63.1 Å². The van der Waals surface area contributed by atoms with Crippen LogP contribution in [-0.4, -0.2) is 52.3 Å². The molecule has 142 valence electrons. The summed E-state index contributed by atoms with van der Waals surface area (Å²) in [7, 11) is 1.95. The van der Waals surface area contributed by atoms with E-state index in [-0.39, 0.29) is 18.3 Å². The van der Waals surface area contributed by atoms with E-state index in [0.29, 0.717) is 11.6 Å². The van der Waals surface area contributed by atoms with E-state index < -0.39 is 0 Å². The Morgan fingerprint density at radius 2 is 2.15 bits per heavy atom. The molecule has 3 heterocycles. The van der Waals surface area contributed by atoms with Gasteiger partial charge in [-0.05, 0) is 38.1 Å². The maximum atomic E-state index is 12.7. The van der Waals surface area contributed by atoms with Crippen molar-refractivity contribution in [1.82, 2.24) is 25.0 Å². The van der Waals surface area contributed by atoms with Gasteiger partial charge in [0.25, 0.3) is 5.91 Å². The van der Waals surface area contributed by atoms with E-state index in [4.69, 9.17) is 0 Å². The van der Waals surface area contributed by atoms with Crippen molar-refractivity contribution >= 4 is 29.7 Å². The van der Waals surface area contributed by atoms with Crippen molar-refractivity contribution in [3.05, 3.63) is 53.8 Å². The van der Waals surface area contributed by atoms with Crippen LogP contribution in [0.5, 0.6) is 0 Å². The van der Waals surface area contributed by atoms with Crippen LogP contribution in [0.1, 0.15) is 16.9 Å². The van der Waals surface area contributed by atoms with Gasteiger partial charge in [0.15, 0.2) is 0 Å². The van der Waals surface area contributed by atoms with Crippen molar-refractivity contribution in [3.8, 4) is 16.3 Å². The number of nitrogens with zero attached hydrogens (tertiary/aromatic N) is 4. The van der Waals surface area contributed by atoms with Gasteiger partial charge in [-0.2, -0.15) is 5.10 Å². The van der Waals surface area contributed by atoms with Crippen molar-refractivity contribution in [1.29, 1.82) is 0 Å². The first-order valence-corrected chi connectivity index (χ1v) is 9.62. The van der Waals surface area contributed by atoms with Crippen LogP contribution >= 0.6 is 23.7 Å². The molecule has 6 nitrogen and oxygen atoms in total. The highest BCUT2D eigenvalue weighted by Crippen LogP contribution is 2.26. The highest BCUT2D eigenvalue weighted by atomic mass is 35.5. The number of amides is 1. The molecule has 0 bridgehead atoms. The van der Waals surface area contributed by atoms with Crippen molar-refractivity contribution < 1.29 is 4.79 Å². The van der Waals surface area contributed by atoms with E-state index in [9.17, 15) is 4.79 Å². The Morgan fingerprint density at radius 1 is 1.33 bits per heavy atom. The molecule has 1 N–H and O–H groups in total. The summed E-state index contributed by atoms with van der Waals surface area (Å²) < 4.78 is 1.82. The minimum Gasteiger partial charge on any atom is -0.337 e. The lowest BCUT2D eigenvalue weighted by atomic mass is 10.1. The van der Waals surface area contributed by atoms with Gasteiger partial charge in [0, 0.05) is 30.2 Å². The summed E-state index contributed by atoms with van der Waals surface area (Å²) in [6, 6.07) is 9.94. The second-order valence-electron chi connectivity index (χ2n) is 6.51. The van der Waals surface area contributed by atoms with Crippen LogP contribution in [0.3, 0.4) is 0 Å². The smallest absolute Gasteiger partial charge is 0.273 e. The fraction of sp³-hybridized carbons (Fsp3) is 0.316. The van der Waals surface area contributed by atoms with Crippen molar-refractivity contribution in [2.75, 3.05) is 26.7 Å². The second-order valence-corrected chi connectivity index (χ2v) is 7.37. The van der Waals surface area contributed by atoms with Gasteiger partial charge in [-0.25, -0.2) is 9.67 Å². The van der Waals surface area contributed by atoms with Crippen LogP contribution in [-0.2, 0) is 0 Å². The summed E-state index contributed by atoms with van der Waals surface area (Å²) >= 11 is 1.49. The lowest BCUT2D eigenvalue weighted by Crippen LogP contribution is -2.30. The minimum absolute atomic E-state index is 0. The second kappa shape index (κ2) is 8.65. The number of carbonyl (C=O) groups is 1. The van der Waals surface area contributed by atoms with Crippen LogP contribution in [0.2, 0.25) is 0 Å². The molecule has 1 fully saturated rings. The summed E-state index contributed by atoms with van der Waals surface area (Å²) in [5.74, 6) is 0.563. The van der Waals surface area contributed by atoms with Crippen molar-refractivity contribution in [2.24, 2.45) is 5.92 Å². The molecule has 1 atom stereocenters. The van der Waals surface area contributed by atoms with Crippen LogP contribution < -0.4 is 5.32 Å². The van der Waals surface area contributed by atoms with E-state index >= 15 is 0 Å². The zero-order chi connectivity index (χ0) is 17.9. The Hall–Kier alpha value is -2.22. The molecule has 4 rings (SSSR count). The Labute approximate surface area is 168 Å². The van der Waals surface area contributed by atoms with Crippen molar-refractivity contribution in [2.45, 2.75) is 6.42 Å². The fourth-order valence-electron chi connectivity index (χ4n) is 3.29. The van der Waals surface area contributed by atoms with Gasteiger partial charge in [0.1, 0.15) is 10.7 Å². The van der Waals surface area contributed by atoms with Crippen molar-refractivity contribution in [3.63, 3.8) is 0 Å². The molecule has 1 aromatic carbocycles. The van der Waals surface area contributed by atoms with E-state index in [1.165, 1.54) is 11.3 Å². The van der Waals surface area contributed by atoms with Gasteiger partial charge in [-0.1, -0.05) is 18.2 Å². The highest BCUT2D eigenvalue weighted by molar-refractivity contribution is 7.13. The zero-order valence-corrected chi connectivity index (χ0v) is 16.7. The van der Waals surface area contributed by atoms with Crippen LogP contribution in [0.25, 0.3) is 16.3 Å². The number of nitrogens with one attached hydrogen (secondary N) is 1. The number of hydrogen-bond acceptors (Lipinski definition) is 5. The van der Waals surface area contributed by atoms with E-state index in [1.54, 1.807) is 6.20 Å².